The van der Waals surface area contributed by atoms with E-state index in [9.17, 15) is 14.4 Å². The van der Waals surface area contributed by atoms with Gasteiger partial charge in [-0.25, -0.2) is 4.79 Å². The van der Waals surface area contributed by atoms with E-state index in [-0.39, 0.29) is 30.1 Å². The lowest BCUT2D eigenvalue weighted by Gasteiger charge is -2.29. The molecule has 28 heavy (non-hydrogen) atoms. The summed E-state index contributed by atoms with van der Waals surface area (Å²) >= 11 is 1.32. The second-order valence-electron chi connectivity index (χ2n) is 8.47. The van der Waals surface area contributed by atoms with Crippen molar-refractivity contribution in [2.75, 3.05) is 12.4 Å². The van der Waals surface area contributed by atoms with Gasteiger partial charge in [0.25, 0.3) is 0 Å². The van der Waals surface area contributed by atoms with Crippen molar-refractivity contribution >= 4 is 29.4 Å². The molecule has 1 aromatic carbocycles. The fraction of sp³-hybridized carbons (Fsp3) is 0.591. The Bertz CT molecular complexity index is 711. The lowest BCUT2D eigenvalue weighted by molar-refractivity contribution is -0.129. The summed E-state index contributed by atoms with van der Waals surface area (Å²) in [5.41, 5.74) is -0.170. The largest absolute Gasteiger partial charge is 0.454 e. The summed E-state index contributed by atoms with van der Waals surface area (Å²) in [6.07, 6.45) is 4.57. The molecule has 0 heterocycles. The predicted octanol–water partition coefficient (Wildman–Crippen LogP) is 4.25. The molecule has 0 unspecified atom stereocenters. The van der Waals surface area contributed by atoms with E-state index in [2.05, 4.69) is 12.2 Å². The van der Waals surface area contributed by atoms with Crippen LogP contribution in [0.2, 0.25) is 0 Å². The molecule has 0 aromatic heterocycles. The molecule has 0 aliphatic heterocycles. The van der Waals surface area contributed by atoms with Gasteiger partial charge in [-0.2, -0.15) is 0 Å². The standard InChI is InChI=1S/C22H31NO4S/c1-15-9-5-7-11-17(15)23-20(25)14-28-18-12-8-6-10-16(18)21(26)27-13-19(24)22(2,3)4/h6,8,10,12,15,17H,5,7,9,11,13-14H2,1-4H3,(H,23,25)/t15-,17+/m1/s1. The number of carbonyl (C=O) groups excluding carboxylic acids is 3. The van der Waals surface area contributed by atoms with Crippen LogP contribution in [0.3, 0.4) is 0 Å². The smallest absolute Gasteiger partial charge is 0.339 e. The summed E-state index contributed by atoms with van der Waals surface area (Å²) in [4.78, 5) is 37.4. The van der Waals surface area contributed by atoms with Gasteiger partial charge in [-0.1, -0.05) is 52.7 Å². The molecule has 5 nitrogen and oxygen atoms in total. The fourth-order valence-corrected chi connectivity index (χ4v) is 3.96. The van der Waals surface area contributed by atoms with Gasteiger partial charge in [0.05, 0.1) is 11.3 Å². The molecule has 1 aliphatic carbocycles. The van der Waals surface area contributed by atoms with Gasteiger partial charge in [-0.3, -0.25) is 9.59 Å². The Morgan fingerprint density at radius 2 is 1.82 bits per heavy atom. The first-order valence-electron chi connectivity index (χ1n) is 9.90. The third kappa shape index (κ3) is 6.66. The van der Waals surface area contributed by atoms with Crippen LogP contribution < -0.4 is 5.32 Å². The van der Waals surface area contributed by atoms with Crippen molar-refractivity contribution < 1.29 is 19.1 Å². The molecule has 1 saturated carbocycles. The van der Waals surface area contributed by atoms with Crippen LogP contribution in [0.15, 0.2) is 29.2 Å². The number of thioether (sulfide) groups is 1. The van der Waals surface area contributed by atoms with Crippen LogP contribution in [0.1, 0.15) is 63.7 Å². The van der Waals surface area contributed by atoms with Crippen molar-refractivity contribution in [3.8, 4) is 0 Å². The Morgan fingerprint density at radius 1 is 1.14 bits per heavy atom. The monoisotopic (exact) mass is 405 g/mol. The lowest BCUT2D eigenvalue weighted by atomic mass is 9.86. The van der Waals surface area contributed by atoms with E-state index in [1.165, 1.54) is 18.2 Å². The van der Waals surface area contributed by atoms with Crippen LogP contribution >= 0.6 is 11.8 Å². The van der Waals surface area contributed by atoms with Crippen LogP contribution in [0.4, 0.5) is 0 Å². The Hall–Kier alpha value is -1.82. The molecule has 154 valence electrons. The summed E-state index contributed by atoms with van der Waals surface area (Å²) in [5.74, 6) is 0.0585. The van der Waals surface area contributed by atoms with Gasteiger partial charge >= 0.3 is 5.97 Å². The van der Waals surface area contributed by atoms with Gasteiger partial charge < -0.3 is 10.1 Å². The highest BCUT2D eigenvalue weighted by atomic mass is 32.2. The fourth-order valence-electron chi connectivity index (χ4n) is 3.11. The molecule has 6 heteroatoms. The maximum absolute atomic E-state index is 12.4. The normalized spacial score (nSPS) is 19.7. The maximum atomic E-state index is 12.4. The molecule has 1 aromatic rings. The molecule has 1 aliphatic rings. The number of Topliss-reactive ketones (excluding diaryl/α,β-unsaturated/α-hetero) is 1. The summed E-state index contributed by atoms with van der Waals surface area (Å²) < 4.78 is 5.20. The highest BCUT2D eigenvalue weighted by Crippen LogP contribution is 2.26. The first-order valence-corrected chi connectivity index (χ1v) is 10.9. The van der Waals surface area contributed by atoms with Crippen molar-refractivity contribution in [1.82, 2.24) is 5.32 Å². The number of esters is 1. The van der Waals surface area contributed by atoms with E-state index in [0.29, 0.717) is 16.4 Å². The van der Waals surface area contributed by atoms with Crippen molar-refractivity contribution in [1.29, 1.82) is 0 Å². The average molecular weight is 406 g/mol. The minimum absolute atomic E-state index is 0.0187. The molecule has 0 bridgehead atoms. The van der Waals surface area contributed by atoms with Crippen molar-refractivity contribution in [2.24, 2.45) is 11.3 Å². The number of ketones is 1. The molecule has 0 saturated heterocycles. The zero-order valence-electron chi connectivity index (χ0n) is 17.2. The van der Waals surface area contributed by atoms with Gasteiger partial charge in [-0.15, -0.1) is 11.8 Å². The van der Waals surface area contributed by atoms with Crippen LogP contribution in [0.5, 0.6) is 0 Å². The van der Waals surface area contributed by atoms with E-state index in [1.54, 1.807) is 39.0 Å². The van der Waals surface area contributed by atoms with Crippen LogP contribution in [-0.4, -0.2) is 36.1 Å². The zero-order chi connectivity index (χ0) is 20.7. The minimum atomic E-state index is -0.553. The Kier molecular flexibility index (Phi) is 8.10. The topological polar surface area (TPSA) is 72.5 Å². The third-order valence-corrected chi connectivity index (χ3v) is 6.17. The maximum Gasteiger partial charge on any atom is 0.339 e. The molecule has 1 fully saturated rings. The summed E-state index contributed by atoms with van der Waals surface area (Å²) in [6, 6.07) is 7.26. The van der Waals surface area contributed by atoms with E-state index >= 15 is 0 Å². The van der Waals surface area contributed by atoms with Crippen LogP contribution in [-0.2, 0) is 14.3 Å². The minimum Gasteiger partial charge on any atom is -0.454 e. The molecule has 0 spiro atoms. The number of amides is 1. The lowest BCUT2D eigenvalue weighted by Crippen LogP contribution is -2.41. The Balaban J connectivity index is 1.91. The Labute approximate surface area is 172 Å². The SMILES string of the molecule is C[C@@H]1CCCC[C@@H]1NC(=O)CSc1ccccc1C(=O)OCC(=O)C(C)(C)C. The first-order chi connectivity index (χ1) is 13.2. The van der Waals surface area contributed by atoms with E-state index in [0.717, 1.165) is 19.3 Å². The number of carbonyl (C=O) groups is 3. The number of benzene rings is 1. The third-order valence-electron chi connectivity index (χ3n) is 5.09. The summed E-state index contributed by atoms with van der Waals surface area (Å²) in [7, 11) is 0. The van der Waals surface area contributed by atoms with Crippen molar-refractivity contribution in [3.63, 3.8) is 0 Å². The van der Waals surface area contributed by atoms with Gasteiger partial charge in [-0.05, 0) is 30.9 Å². The van der Waals surface area contributed by atoms with Crippen molar-refractivity contribution in [3.05, 3.63) is 29.8 Å². The number of hydrogen-bond acceptors (Lipinski definition) is 5. The Morgan fingerprint density at radius 3 is 2.50 bits per heavy atom. The van der Waals surface area contributed by atoms with Crippen LogP contribution in [0, 0.1) is 11.3 Å². The molecule has 2 atom stereocenters. The van der Waals surface area contributed by atoms with Crippen molar-refractivity contribution in [2.45, 2.75) is 64.3 Å². The molecule has 0 radical (unpaired) electrons. The predicted molar refractivity (Wildman–Crippen MR) is 111 cm³/mol. The van der Waals surface area contributed by atoms with E-state index < -0.39 is 11.4 Å². The average Bonchev–Trinajstić information content (AvgIpc) is 2.65. The molecule has 1 amide bonds. The van der Waals surface area contributed by atoms with Crippen LogP contribution in [0.25, 0.3) is 0 Å². The summed E-state index contributed by atoms with van der Waals surface area (Å²) in [5, 5.41) is 3.12. The van der Waals surface area contributed by atoms with E-state index in [1.807, 2.05) is 6.07 Å². The number of nitrogens with one attached hydrogen (secondary N) is 1. The highest BCUT2D eigenvalue weighted by Gasteiger charge is 2.24. The second-order valence-corrected chi connectivity index (χ2v) is 9.49. The number of ether oxygens (including phenoxy) is 1. The van der Waals surface area contributed by atoms with E-state index in [4.69, 9.17) is 4.74 Å². The van der Waals surface area contributed by atoms with Gasteiger partial charge in [0.2, 0.25) is 5.91 Å². The van der Waals surface area contributed by atoms with Gasteiger partial charge in [0, 0.05) is 16.4 Å². The second kappa shape index (κ2) is 10.1. The highest BCUT2D eigenvalue weighted by molar-refractivity contribution is 8.00. The quantitative estimate of drug-likeness (QED) is 0.542. The van der Waals surface area contributed by atoms with Gasteiger partial charge in [0.15, 0.2) is 12.4 Å². The zero-order valence-corrected chi connectivity index (χ0v) is 18.1. The van der Waals surface area contributed by atoms with Gasteiger partial charge in [0.1, 0.15) is 0 Å². The molecule has 2 rings (SSSR count). The molecule has 1 N–H and O–H groups in total. The number of hydrogen-bond donors (Lipinski definition) is 1. The summed E-state index contributed by atoms with van der Waals surface area (Å²) in [6.45, 7) is 7.30. The molecular formula is C22H31NO4S. The first kappa shape index (κ1) is 22.5. The molecular weight excluding hydrogens is 374 g/mol. The number of rotatable bonds is 7.